The molecule has 1 fully saturated rings. The fraction of sp³-hybridized carbons (Fsp3) is 0.583. The third-order valence-electron chi connectivity index (χ3n) is 7.39. The molecule has 1 aliphatic carbocycles. The van der Waals surface area contributed by atoms with Crippen molar-refractivity contribution in [2.24, 2.45) is 0 Å². The molecule has 2 aromatic rings. The molecule has 34 heavy (non-hydrogen) atoms. The van der Waals surface area contributed by atoms with Gasteiger partial charge >= 0.3 is 0 Å². The van der Waals surface area contributed by atoms with Gasteiger partial charge in [0.15, 0.2) is 0 Å². The van der Waals surface area contributed by atoms with E-state index < -0.39 is 6.10 Å². The van der Waals surface area contributed by atoms with Gasteiger partial charge in [0.25, 0.3) is 0 Å². The maximum atomic E-state index is 10.4. The van der Waals surface area contributed by atoms with Crippen molar-refractivity contribution in [3.8, 4) is 0 Å². The fourth-order valence-electron chi connectivity index (χ4n) is 5.73. The third-order valence-corrected chi connectivity index (χ3v) is 7.74. The minimum Gasteiger partial charge on any atom is -0.387 e. The number of hydrogen-bond donors (Lipinski definition) is 3. The van der Waals surface area contributed by atoms with Gasteiger partial charge in [0, 0.05) is 53.9 Å². The number of hydrogen-bond acceptors (Lipinski definition) is 6. The highest BCUT2D eigenvalue weighted by molar-refractivity contribution is 6.31. The van der Waals surface area contributed by atoms with Crippen LogP contribution < -0.4 is 15.5 Å². The summed E-state index contributed by atoms with van der Waals surface area (Å²) in [5, 5.41) is 18.4. The van der Waals surface area contributed by atoms with Gasteiger partial charge in [-0.15, -0.1) is 37.2 Å². The van der Waals surface area contributed by atoms with Crippen molar-refractivity contribution in [3.05, 3.63) is 45.9 Å². The summed E-state index contributed by atoms with van der Waals surface area (Å²) >= 11 is 6.69. The molecule has 0 saturated carbocycles. The van der Waals surface area contributed by atoms with Gasteiger partial charge in [-0.1, -0.05) is 32.4 Å². The number of aliphatic hydroxyl groups excluding tert-OH is 1. The molecule has 0 bridgehead atoms. The molecule has 3 heterocycles. The molecule has 0 unspecified atom stereocenters. The second kappa shape index (κ2) is 11.4. The lowest BCUT2D eigenvalue weighted by molar-refractivity contribution is 0.170. The van der Waals surface area contributed by atoms with Crippen LogP contribution in [0.5, 0.6) is 0 Å². The quantitative estimate of drug-likeness (QED) is 0.473. The monoisotopic (exact) mass is 549 g/mol. The van der Waals surface area contributed by atoms with Crippen LogP contribution in [0.2, 0.25) is 5.02 Å². The SMILES string of the molecule is CC(C)NCc1c(Cl)ccc2c1C1(CCN(c3ncnc4c3[C@H](C)C[C@H]4O)CC1)CN2.Cl.Cl.Cl. The van der Waals surface area contributed by atoms with Crippen LogP contribution in [0, 0.1) is 0 Å². The molecule has 2 atom stereocenters. The van der Waals surface area contributed by atoms with Crippen molar-refractivity contribution in [1.82, 2.24) is 15.3 Å². The van der Waals surface area contributed by atoms with E-state index in [-0.39, 0.29) is 42.6 Å². The van der Waals surface area contributed by atoms with Crippen LogP contribution in [-0.2, 0) is 12.0 Å². The molecule has 190 valence electrons. The Morgan fingerprint density at radius 2 is 1.91 bits per heavy atom. The van der Waals surface area contributed by atoms with Crippen molar-refractivity contribution < 1.29 is 5.11 Å². The van der Waals surface area contributed by atoms with E-state index in [0.29, 0.717) is 12.0 Å². The van der Waals surface area contributed by atoms with Gasteiger partial charge in [0.2, 0.25) is 0 Å². The first-order valence-electron chi connectivity index (χ1n) is 11.5. The number of halogens is 4. The van der Waals surface area contributed by atoms with Gasteiger partial charge < -0.3 is 20.6 Å². The molecule has 0 amide bonds. The van der Waals surface area contributed by atoms with Crippen LogP contribution in [0.15, 0.2) is 18.5 Å². The summed E-state index contributed by atoms with van der Waals surface area (Å²) in [7, 11) is 0. The van der Waals surface area contributed by atoms with Crippen LogP contribution in [0.1, 0.15) is 74.4 Å². The van der Waals surface area contributed by atoms with Crippen molar-refractivity contribution in [3.63, 3.8) is 0 Å². The summed E-state index contributed by atoms with van der Waals surface area (Å²) in [6, 6.07) is 4.57. The largest absolute Gasteiger partial charge is 0.387 e. The number of aromatic nitrogens is 2. The number of nitrogens with one attached hydrogen (secondary N) is 2. The Morgan fingerprint density at radius 1 is 1.21 bits per heavy atom. The third kappa shape index (κ3) is 4.95. The number of piperidine rings is 1. The molecule has 3 aliphatic rings. The second-order valence-electron chi connectivity index (χ2n) is 9.75. The van der Waals surface area contributed by atoms with Crippen molar-refractivity contribution in [2.75, 3.05) is 29.9 Å². The summed E-state index contributed by atoms with van der Waals surface area (Å²) in [5.41, 5.74) is 5.94. The summed E-state index contributed by atoms with van der Waals surface area (Å²) in [6.45, 7) is 10.1. The lowest BCUT2D eigenvalue weighted by Gasteiger charge is -2.41. The first-order chi connectivity index (χ1) is 14.9. The molecule has 3 N–H and O–H groups in total. The fourth-order valence-corrected chi connectivity index (χ4v) is 5.96. The lowest BCUT2D eigenvalue weighted by Crippen LogP contribution is -2.45. The molecule has 5 rings (SSSR count). The number of aliphatic hydroxyl groups is 1. The lowest BCUT2D eigenvalue weighted by atomic mass is 9.72. The number of anilines is 2. The second-order valence-corrected chi connectivity index (χ2v) is 10.2. The standard InChI is InChI=1S/C24H32ClN5O.3ClH/c1-14(2)26-11-16-17(25)4-5-18-21(16)24(12-27-18)6-8-30(9-7-24)23-20-15(3)10-19(31)22(20)28-13-29-23;;;/h4-5,13-15,19,26-27,31H,6-12H2,1-3H3;3*1H/t15-,19-;;;/m1.../s1. The van der Waals surface area contributed by atoms with E-state index in [1.54, 1.807) is 6.33 Å². The number of rotatable bonds is 4. The summed E-state index contributed by atoms with van der Waals surface area (Å²) in [5.74, 6) is 1.31. The Bertz CT molecular complexity index is 998. The molecular formula is C24H35Cl4N5O. The van der Waals surface area contributed by atoms with Gasteiger partial charge in [0.05, 0.1) is 11.8 Å². The minimum atomic E-state index is -0.466. The Labute approximate surface area is 225 Å². The zero-order valence-corrected chi connectivity index (χ0v) is 23.0. The summed E-state index contributed by atoms with van der Waals surface area (Å²) in [4.78, 5) is 11.4. The summed E-state index contributed by atoms with van der Waals surface area (Å²) < 4.78 is 0. The Balaban J connectivity index is 0.00000136. The van der Waals surface area contributed by atoms with Crippen molar-refractivity contribution >= 4 is 60.3 Å². The van der Waals surface area contributed by atoms with Crippen LogP contribution in [-0.4, -0.2) is 40.8 Å². The van der Waals surface area contributed by atoms with Crippen LogP contribution in [0.25, 0.3) is 0 Å². The molecule has 1 aromatic carbocycles. The van der Waals surface area contributed by atoms with E-state index >= 15 is 0 Å². The van der Waals surface area contributed by atoms with Gasteiger partial charge in [-0.2, -0.15) is 0 Å². The average Bonchev–Trinajstić information content (AvgIpc) is 3.25. The topological polar surface area (TPSA) is 73.3 Å². The zero-order valence-electron chi connectivity index (χ0n) is 19.8. The zero-order chi connectivity index (χ0) is 21.8. The Morgan fingerprint density at radius 3 is 2.59 bits per heavy atom. The number of fused-ring (bicyclic) bond motifs is 3. The van der Waals surface area contributed by atoms with Crippen LogP contribution >= 0.6 is 48.8 Å². The van der Waals surface area contributed by atoms with E-state index in [9.17, 15) is 5.11 Å². The highest BCUT2D eigenvalue weighted by Crippen LogP contribution is 2.49. The molecule has 1 spiro atoms. The average molecular weight is 551 g/mol. The maximum absolute atomic E-state index is 10.4. The first-order valence-corrected chi connectivity index (χ1v) is 11.8. The van der Waals surface area contributed by atoms with E-state index in [1.165, 1.54) is 16.8 Å². The van der Waals surface area contributed by atoms with Crippen molar-refractivity contribution in [1.29, 1.82) is 0 Å². The number of benzene rings is 1. The summed E-state index contributed by atoms with van der Waals surface area (Å²) in [6.07, 6.45) is 3.99. The van der Waals surface area contributed by atoms with Crippen LogP contribution in [0.4, 0.5) is 11.5 Å². The number of nitrogens with zero attached hydrogens (tertiary/aromatic N) is 3. The maximum Gasteiger partial charge on any atom is 0.135 e. The molecule has 0 radical (unpaired) electrons. The molecule has 10 heteroatoms. The minimum absolute atomic E-state index is 0. The van der Waals surface area contributed by atoms with Gasteiger partial charge in [-0.25, -0.2) is 9.97 Å². The highest BCUT2D eigenvalue weighted by Gasteiger charge is 2.44. The Kier molecular flexibility index (Phi) is 9.76. The van der Waals surface area contributed by atoms with E-state index in [0.717, 1.165) is 67.5 Å². The molecule has 1 saturated heterocycles. The van der Waals surface area contributed by atoms with Gasteiger partial charge in [-0.3, -0.25) is 0 Å². The van der Waals surface area contributed by atoms with E-state index in [1.807, 2.05) is 6.07 Å². The first kappa shape index (κ1) is 29.2. The van der Waals surface area contributed by atoms with Crippen LogP contribution in [0.3, 0.4) is 0 Å². The molecular weight excluding hydrogens is 516 g/mol. The molecule has 6 nitrogen and oxygen atoms in total. The predicted molar refractivity (Wildman–Crippen MR) is 147 cm³/mol. The van der Waals surface area contributed by atoms with E-state index in [4.69, 9.17) is 11.6 Å². The Hall–Kier alpha value is -1.02. The normalized spacial score (nSPS) is 21.8. The van der Waals surface area contributed by atoms with Gasteiger partial charge in [-0.05, 0) is 48.4 Å². The van der Waals surface area contributed by atoms with Crippen molar-refractivity contribution in [2.45, 2.75) is 70.1 Å². The van der Waals surface area contributed by atoms with Gasteiger partial charge in [0.1, 0.15) is 12.1 Å². The molecule has 2 aliphatic heterocycles. The highest BCUT2D eigenvalue weighted by atomic mass is 35.5. The predicted octanol–water partition coefficient (Wildman–Crippen LogP) is 5.40. The van der Waals surface area contributed by atoms with E-state index in [2.05, 4.69) is 52.3 Å². The smallest absolute Gasteiger partial charge is 0.135 e. The molecule has 1 aromatic heterocycles.